The van der Waals surface area contributed by atoms with Crippen LogP contribution in [-0.2, 0) is 14.8 Å². The van der Waals surface area contributed by atoms with Crippen LogP contribution in [0.5, 0.6) is 0 Å². The fourth-order valence-electron chi connectivity index (χ4n) is 3.76. The van der Waals surface area contributed by atoms with Crippen molar-refractivity contribution in [2.45, 2.75) is 45.6 Å². The van der Waals surface area contributed by atoms with Crippen molar-refractivity contribution in [1.29, 1.82) is 0 Å². The lowest BCUT2D eigenvalue weighted by molar-refractivity contribution is -0.120. The Bertz CT molecular complexity index is 1320. The Balaban J connectivity index is 1.96. The Labute approximate surface area is 211 Å². The van der Waals surface area contributed by atoms with E-state index < -0.39 is 22.5 Å². The molecule has 0 saturated carbocycles. The third-order valence-corrected chi connectivity index (χ3v) is 8.13. The number of nitrogens with zero attached hydrogens (tertiary/aromatic N) is 1. The first-order valence-electron chi connectivity index (χ1n) is 10.8. The number of benzene rings is 3. The summed E-state index contributed by atoms with van der Waals surface area (Å²) < 4.78 is 28.2. The second kappa shape index (κ2) is 10.4. The lowest BCUT2D eigenvalue weighted by Gasteiger charge is -2.26. The summed E-state index contributed by atoms with van der Waals surface area (Å²) in [5.41, 5.74) is 5.38. The van der Waals surface area contributed by atoms with Crippen molar-refractivity contribution in [2.24, 2.45) is 0 Å². The molecule has 34 heavy (non-hydrogen) atoms. The summed E-state index contributed by atoms with van der Waals surface area (Å²) in [7, 11) is -4.10. The molecule has 3 rings (SSSR count). The number of amides is 1. The number of hydrogen-bond acceptors (Lipinski definition) is 3. The topological polar surface area (TPSA) is 66.5 Å². The Morgan fingerprint density at radius 2 is 1.53 bits per heavy atom. The van der Waals surface area contributed by atoms with E-state index in [4.69, 9.17) is 23.2 Å². The Kier molecular flexibility index (Phi) is 7.96. The lowest BCUT2D eigenvalue weighted by atomic mass is 9.96. The normalized spacial score (nSPS) is 12.3. The van der Waals surface area contributed by atoms with Gasteiger partial charge >= 0.3 is 0 Å². The molecule has 0 radical (unpaired) electrons. The summed E-state index contributed by atoms with van der Waals surface area (Å²) in [6.07, 6.45) is 0. The molecule has 3 aromatic carbocycles. The molecule has 0 heterocycles. The Hall–Kier alpha value is -2.54. The van der Waals surface area contributed by atoms with E-state index in [1.165, 1.54) is 29.8 Å². The van der Waals surface area contributed by atoms with Gasteiger partial charge in [0.15, 0.2) is 0 Å². The average Bonchev–Trinajstić information content (AvgIpc) is 2.76. The number of nitrogens with one attached hydrogen (secondary N) is 1. The van der Waals surface area contributed by atoms with Crippen LogP contribution in [0.3, 0.4) is 0 Å². The molecule has 0 aliphatic rings. The van der Waals surface area contributed by atoms with Crippen LogP contribution in [0.25, 0.3) is 0 Å². The van der Waals surface area contributed by atoms with E-state index in [2.05, 4.69) is 11.4 Å². The highest BCUT2D eigenvalue weighted by Crippen LogP contribution is 2.33. The molecule has 5 nitrogen and oxygen atoms in total. The zero-order valence-electron chi connectivity index (χ0n) is 19.8. The highest BCUT2D eigenvalue weighted by atomic mass is 35.5. The van der Waals surface area contributed by atoms with Gasteiger partial charge in [-0.2, -0.15) is 0 Å². The van der Waals surface area contributed by atoms with E-state index in [1.807, 2.05) is 40.7 Å². The highest BCUT2D eigenvalue weighted by Gasteiger charge is 2.29. The monoisotopic (exact) mass is 518 g/mol. The molecular formula is C26H28Cl2N2O3S. The summed E-state index contributed by atoms with van der Waals surface area (Å²) >= 11 is 12.5. The SMILES string of the molecule is Cc1ccc(S(=O)(=O)N(CC(=O)N[C@@H](C)c2cc(C)c(C)cc2C)c2cc(Cl)ccc2Cl)cc1. The quantitative estimate of drug-likeness (QED) is 0.399. The van der Waals surface area contributed by atoms with Crippen LogP contribution in [0.15, 0.2) is 59.5 Å². The van der Waals surface area contributed by atoms with Crippen molar-refractivity contribution < 1.29 is 13.2 Å². The van der Waals surface area contributed by atoms with E-state index in [0.29, 0.717) is 5.02 Å². The summed E-state index contributed by atoms with van der Waals surface area (Å²) in [5, 5.41) is 3.41. The minimum Gasteiger partial charge on any atom is -0.348 e. The maximum Gasteiger partial charge on any atom is 0.264 e. The maximum atomic E-state index is 13.6. The largest absolute Gasteiger partial charge is 0.348 e. The molecule has 0 bridgehead atoms. The predicted molar refractivity (Wildman–Crippen MR) is 139 cm³/mol. The van der Waals surface area contributed by atoms with Gasteiger partial charge in [-0.3, -0.25) is 9.10 Å². The van der Waals surface area contributed by atoms with Gasteiger partial charge < -0.3 is 5.32 Å². The number of rotatable bonds is 7. The van der Waals surface area contributed by atoms with Crippen LogP contribution >= 0.6 is 23.2 Å². The van der Waals surface area contributed by atoms with Crippen LogP contribution in [0.1, 0.15) is 40.8 Å². The first-order valence-corrected chi connectivity index (χ1v) is 13.0. The Morgan fingerprint density at radius 1 is 0.912 bits per heavy atom. The smallest absolute Gasteiger partial charge is 0.264 e. The zero-order valence-corrected chi connectivity index (χ0v) is 22.1. The van der Waals surface area contributed by atoms with Crippen molar-refractivity contribution in [3.8, 4) is 0 Å². The second-order valence-corrected chi connectivity index (χ2v) is 11.2. The van der Waals surface area contributed by atoms with Crippen molar-refractivity contribution in [1.82, 2.24) is 5.32 Å². The van der Waals surface area contributed by atoms with Crippen LogP contribution in [0, 0.1) is 27.7 Å². The summed E-state index contributed by atoms with van der Waals surface area (Å²) in [4.78, 5) is 13.2. The third-order valence-electron chi connectivity index (χ3n) is 5.80. The summed E-state index contributed by atoms with van der Waals surface area (Å²) in [5.74, 6) is -0.461. The predicted octanol–water partition coefficient (Wildman–Crippen LogP) is 6.30. The van der Waals surface area contributed by atoms with E-state index in [0.717, 1.165) is 26.6 Å². The first kappa shape index (κ1) is 26.1. The van der Waals surface area contributed by atoms with Gasteiger partial charge in [0, 0.05) is 5.02 Å². The van der Waals surface area contributed by atoms with Crippen molar-refractivity contribution in [3.63, 3.8) is 0 Å². The molecule has 1 N–H and O–H groups in total. The minimum absolute atomic E-state index is 0.0556. The number of anilines is 1. The zero-order chi connectivity index (χ0) is 25.2. The third kappa shape index (κ3) is 5.74. The van der Waals surface area contributed by atoms with E-state index in [-0.39, 0.29) is 21.6 Å². The maximum absolute atomic E-state index is 13.6. The molecule has 3 aromatic rings. The number of hydrogen-bond donors (Lipinski definition) is 1. The van der Waals surface area contributed by atoms with Gasteiger partial charge in [-0.25, -0.2) is 8.42 Å². The van der Waals surface area contributed by atoms with E-state index >= 15 is 0 Å². The van der Waals surface area contributed by atoms with E-state index in [9.17, 15) is 13.2 Å². The van der Waals surface area contributed by atoms with Gasteiger partial charge in [0.25, 0.3) is 10.0 Å². The van der Waals surface area contributed by atoms with Gasteiger partial charge in [0.1, 0.15) is 6.54 Å². The van der Waals surface area contributed by atoms with Gasteiger partial charge in [-0.05, 0) is 87.2 Å². The summed E-state index contributed by atoms with van der Waals surface area (Å²) in [6, 6.07) is 14.8. The highest BCUT2D eigenvalue weighted by molar-refractivity contribution is 7.92. The number of halogens is 2. The fraction of sp³-hybridized carbons (Fsp3) is 0.269. The molecule has 0 aliphatic carbocycles. The molecule has 0 aliphatic heterocycles. The van der Waals surface area contributed by atoms with Crippen molar-refractivity contribution in [3.05, 3.63) is 92.5 Å². The molecule has 1 atom stereocenters. The number of aryl methyl sites for hydroxylation is 4. The minimum atomic E-state index is -4.10. The average molecular weight is 519 g/mol. The number of carbonyl (C=O) groups excluding carboxylic acids is 1. The van der Waals surface area contributed by atoms with E-state index in [1.54, 1.807) is 18.2 Å². The van der Waals surface area contributed by atoms with Gasteiger partial charge in [-0.1, -0.05) is 53.0 Å². The number of sulfonamides is 1. The fourth-order valence-corrected chi connectivity index (χ4v) is 5.63. The molecule has 1 amide bonds. The first-order chi connectivity index (χ1) is 15.9. The van der Waals surface area contributed by atoms with Gasteiger partial charge in [0.2, 0.25) is 5.91 Å². The molecule has 0 unspecified atom stereocenters. The molecule has 0 aromatic heterocycles. The molecule has 0 saturated heterocycles. The second-order valence-electron chi connectivity index (χ2n) is 8.50. The van der Waals surface area contributed by atoms with Gasteiger partial charge in [0.05, 0.1) is 21.6 Å². The lowest BCUT2D eigenvalue weighted by Crippen LogP contribution is -2.41. The summed E-state index contributed by atoms with van der Waals surface area (Å²) in [6.45, 7) is 9.34. The number of carbonyl (C=O) groups is 1. The standard InChI is InChI=1S/C26H28Cl2N2O3S/c1-16-6-9-22(10-7-16)34(32,33)30(25-14-21(27)8-11-24(25)28)15-26(31)29-20(5)23-13-18(3)17(2)12-19(23)4/h6-14,20H,15H2,1-5H3,(H,29,31)/t20-/m0/s1. The van der Waals surface area contributed by atoms with Crippen LogP contribution in [0.2, 0.25) is 10.0 Å². The molecule has 8 heteroatoms. The molecule has 0 fully saturated rings. The van der Waals surface area contributed by atoms with Crippen LogP contribution in [0.4, 0.5) is 5.69 Å². The van der Waals surface area contributed by atoms with Gasteiger partial charge in [-0.15, -0.1) is 0 Å². The molecule has 0 spiro atoms. The van der Waals surface area contributed by atoms with Crippen LogP contribution in [-0.4, -0.2) is 20.9 Å². The van der Waals surface area contributed by atoms with Crippen molar-refractivity contribution >= 4 is 44.8 Å². The van der Waals surface area contributed by atoms with Crippen molar-refractivity contribution in [2.75, 3.05) is 10.8 Å². The molecular weight excluding hydrogens is 491 g/mol. The molecule has 180 valence electrons. The van der Waals surface area contributed by atoms with Crippen LogP contribution < -0.4 is 9.62 Å². The Morgan fingerprint density at radius 3 is 2.18 bits per heavy atom.